The molecule has 0 aliphatic carbocycles. The Labute approximate surface area is 92.6 Å². The minimum atomic E-state index is -0.897. The molecule has 1 N–H and O–H groups in total. The first-order chi connectivity index (χ1) is 7.16. The zero-order valence-corrected chi connectivity index (χ0v) is 9.22. The minimum absolute atomic E-state index is 0.272. The highest BCUT2D eigenvalue weighted by molar-refractivity contribution is 7.10. The maximum Gasteiger partial charge on any atom is 0.332 e. The molecule has 0 spiro atoms. The molecule has 0 unspecified atom stereocenters. The van der Waals surface area contributed by atoms with Crippen LogP contribution in [0, 0.1) is 0 Å². The van der Waals surface area contributed by atoms with Gasteiger partial charge < -0.3 is 5.11 Å². The molecular formula is C11H13NO2S. The predicted molar refractivity (Wildman–Crippen MR) is 60.1 cm³/mol. The standard InChI is InChI=1S/C11H13NO2S/c1-8(11(13)14)6-12-4-2-10-9(7-12)3-5-15-10/h3,5H,1-2,4,6-7H2,(H,13,14). The fraction of sp³-hybridized carbons (Fsp3) is 0.364. The lowest BCUT2D eigenvalue weighted by Crippen LogP contribution is -2.32. The summed E-state index contributed by atoms with van der Waals surface area (Å²) >= 11 is 1.79. The number of hydrogen-bond donors (Lipinski definition) is 1. The zero-order valence-electron chi connectivity index (χ0n) is 8.40. The van der Waals surface area contributed by atoms with Crippen molar-refractivity contribution in [3.63, 3.8) is 0 Å². The van der Waals surface area contributed by atoms with E-state index in [9.17, 15) is 4.79 Å². The molecule has 1 aromatic rings. The van der Waals surface area contributed by atoms with E-state index in [0.717, 1.165) is 19.5 Å². The van der Waals surface area contributed by atoms with Crippen molar-refractivity contribution in [1.29, 1.82) is 0 Å². The van der Waals surface area contributed by atoms with Gasteiger partial charge >= 0.3 is 5.97 Å². The summed E-state index contributed by atoms with van der Waals surface area (Å²) in [7, 11) is 0. The van der Waals surface area contributed by atoms with Crippen LogP contribution < -0.4 is 0 Å². The molecule has 15 heavy (non-hydrogen) atoms. The molecule has 1 aliphatic rings. The van der Waals surface area contributed by atoms with Crippen LogP contribution in [-0.2, 0) is 17.8 Å². The van der Waals surface area contributed by atoms with Crippen LogP contribution in [0.5, 0.6) is 0 Å². The van der Waals surface area contributed by atoms with Gasteiger partial charge in [0.15, 0.2) is 0 Å². The Hall–Kier alpha value is -1.13. The molecule has 4 heteroatoms. The van der Waals surface area contributed by atoms with Crippen molar-refractivity contribution in [2.24, 2.45) is 0 Å². The molecule has 0 saturated heterocycles. The van der Waals surface area contributed by atoms with Gasteiger partial charge in [0, 0.05) is 30.1 Å². The first kappa shape index (κ1) is 10.4. The van der Waals surface area contributed by atoms with Gasteiger partial charge in [-0.15, -0.1) is 11.3 Å². The zero-order chi connectivity index (χ0) is 10.8. The molecule has 0 saturated carbocycles. The fourth-order valence-corrected chi connectivity index (χ4v) is 2.67. The summed E-state index contributed by atoms with van der Waals surface area (Å²) in [5.41, 5.74) is 1.61. The van der Waals surface area contributed by atoms with Crippen LogP contribution in [-0.4, -0.2) is 29.1 Å². The van der Waals surface area contributed by atoms with E-state index in [-0.39, 0.29) is 5.57 Å². The molecule has 0 radical (unpaired) electrons. The quantitative estimate of drug-likeness (QED) is 0.794. The topological polar surface area (TPSA) is 40.5 Å². The number of thiophene rings is 1. The van der Waals surface area contributed by atoms with Crippen LogP contribution in [0.3, 0.4) is 0 Å². The van der Waals surface area contributed by atoms with Crippen molar-refractivity contribution in [3.8, 4) is 0 Å². The second kappa shape index (κ2) is 4.16. The summed E-state index contributed by atoms with van der Waals surface area (Å²) in [4.78, 5) is 14.2. The van der Waals surface area contributed by atoms with Gasteiger partial charge in [0.1, 0.15) is 0 Å². The van der Waals surface area contributed by atoms with E-state index < -0.39 is 5.97 Å². The number of hydrogen-bond acceptors (Lipinski definition) is 3. The summed E-state index contributed by atoms with van der Waals surface area (Å²) in [5.74, 6) is -0.897. The largest absolute Gasteiger partial charge is 0.478 e. The van der Waals surface area contributed by atoms with Crippen molar-refractivity contribution < 1.29 is 9.90 Å². The van der Waals surface area contributed by atoms with E-state index >= 15 is 0 Å². The SMILES string of the molecule is C=C(CN1CCc2sccc2C1)C(=O)O. The van der Waals surface area contributed by atoms with Crippen molar-refractivity contribution >= 4 is 17.3 Å². The molecule has 0 bridgehead atoms. The lowest BCUT2D eigenvalue weighted by molar-refractivity contribution is -0.132. The van der Waals surface area contributed by atoms with Crippen LogP contribution in [0.1, 0.15) is 10.4 Å². The molecule has 2 heterocycles. The van der Waals surface area contributed by atoms with Gasteiger partial charge in [0.25, 0.3) is 0 Å². The summed E-state index contributed by atoms with van der Waals surface area (Å²) < 4.78 is 0. The van der Waals surface area contributed by atoms with Crippen LogP contribution in [0.2, 0.25) is 0 Å². The Morgan fingerprint density at radius 1 is 1.67 bits per heavy atom. The first-order valence-corrected chi connectivity index (χ1v) is 5.73. The lowest BCUT2D eigenvalue weighted by atomic mass is 10.1. The highest BCUT2D eigenvalue weighted by atomic mass is 32.1. The molecule has 3 nitrogen and oxygen atoms in total. The lowest BCUT2D eigenvalue weighted by Gasteiger charge is -2.26. The maximum absolute atomic E-state index is 10.6. The average molecular weight is 223 g/mol. The van der Waals surface area contributed by atoms with E-state index in [2.05, 4.69) is 22.9 Å². The highest BCUT2D eigenvalue weighted by Gasteiger charge is 2.18. The van der Waals surface area contributed by atoms with Crippen molar-refractivity contribution in [3.05, 3.63) is 34.0 Å². The molecule has 0 amide bonds. The summed E-state index contributed by atoms with van der Waals surface area (Å²) in [6.07, 6.45) is 1.03. The Morgan fingerprint density at radius 2 is 2.47 bits per heavy atom. The third kappa shape index (κ3) is 2.27. The normalized spacial score (nSPS) is 16.0. The fourth-order valence-electron chi connectivity index (χ4n) is 1.78. The molecule has 2 rings (SSSR count). The Morgan fingerprint density at radius 3 is 3.20 bits per heavy atom. The van der Waals surface area contributed by atoms with Gasteiger partial charge in [0.05, 0.1) is 0 Å². The summed E-state index contributed by atoms with van der Waals surface area (Å²) in [5, 5.41) is 10.8. The van der Waals surface area contributed by atoms with E-state index in [1.165, 1.54) is 10.4 Å². The van der Waals surface area contributed by atoms with Crippen LogP contribution in [0.25, 0.3) is 0 Å². The van der Waals surface area contributed by atoms with E-state index in [0.29, 0.717) is 6.54 Å². The second-order valence-corrected chi connectivity index (χ2v) is 4.74. The number of carbonyl (C=O) groups is 1. The molecule has 0 fully saturated rings. The van der Waals surface area contributed by atoms with Gasteiger partial charge in [0.2, 0.25) is 0 Å². The van der Waals surface area contributed by atoms with E-state index in [4.69, 9.17) is 5.11 Å². The van der Waals surface area contributed by atoms with Crippen LogP contribution in [0.4, 0.5) is 0 Å². The van der Waals surface area contributed by atoms with E-state index in [1.54, 1.807) is 11.3 Å². The third-order valence-electron chi connectivity index (χ3n) is 2.60. The first-order valence-electron chi connectivity index (χ1n) is 4.85. The summed E-state index contributed by atoms with van der Waals surface area (Å²) in [6, 6.07) is 2.12. The number of carboxylic acids is 1. The number of nitrogens with zero attached hydrogens (tertiary/aromatic N) is 1. The molecule has 80 valence electrons. The van der Waals surface area contributed by atoms with Gasteiger partial charge in [-0.1, -0.05) is 6.58 Å². The van der Waals surface area contributed by atoms with Gasteiger partial charge in [-0.2, -0.15) is 0 Å². The number of carboxylic acid groups (broad SMARTS) is 1. The number of aliphatic carboxylic acids is 1. The summed E-state index contributed by atoms with van der Waals surface area (Å²) in [6.45, 7) is 5.80. The van der Waals surface area contributed by atoms with Gasteiger partial charge in [-0.25, -0.2) is 4.79 Å². The number of rotatable bonds is 3. The molecular weight excluding hydrogens is 210 g/mol. The Bertz CT molecular complexity index is 397. The van der Waals surface area contributed by atoms with Gasteiger partial charge in [-0.05, 0) is 23.4 Å². The minimum Gasteiger partial charge on any atom is -0.478 e. The second-order valence-electron chi connectivity index (χ2n) is 3.74. The molecule has 1 aromatic heterocycles. The van der Waals surface area contributed by atoms with Crippen LogP contribution >= 0.6 is 11.3 Å². The smallest absolute Gasteiger partial charge is 0.332 e. The van der Waals surface area contributed by atoms with E-state index in [1.807, 2.05) is 0 Å². The predicted octanol–water partition coefficient (Wildman–Crippen LogP) is 1.75. The maximum atomic E-state index is 10.6. The third-order valence-corrected chi connectivity index (χ3v) is 3.63. The number of fused-ring (bicyclic) bond motifs is 1. The Kier molecular flexibility index (Phi) is 2.88. The molecule has 1 aliphatic heterocycles. The monoisotopic (exact) mass is 223 g/mol. The van der Waals surface area contributed by atoms with Gasteiger partial charge in [-0.3, -0.25) is 4.90 Å². The molecule has 0 atom stereocenters. The van der Waals surface area contributed by atoms with Crippen molar-refractivity contribution in [2.75, 3.05) is 13.1 Å². The van der Waals surface area contributed by atoms with Crippen molar-refractivity contribution in [2.45, 2.75) is 13.0 Å². The molecule has 0 aromatic carbocycles. The highest BCUT2D eigenvalue weighted by Crippen LogP contribution is 2.24. The van der Waals surface area contributed by atoms with Crippen LogP contribution in [0.15, 0.2) is 23.6 Å². The van der Waals surface area contributed by atoms with Crippen molar-refractivity contribution in [1.82, 2.24) is 4.90 Å². The Balaban J connectivity index is 1.98. The average Bonchev–Trinajstić information content (AvgIpc) is 2.64.